The van der Waals surface area contributed by atoms with Gasteiger partial charge in [-0.3, -0.25) is 0 Å². The Bertz CT molecular complexity index is 533. The Hall–Kier alpha value is -0.550. The van der Waals surface area contributed by atoms with E-state index in [0.717, 1.165) is 27.0 Å². The Labute approximate surface area is 143 Å². The number of carbonyl (C=O) groups excluding carboxylic acids is 1. The van der Waals surface area contributed by atoms with Gasteiger partial charge in [0, 0.05) is 15.0 Å². The minimum absolute atomic E-state index is 0.323. The van der Waals surface area contributed by atoms with Gasteiger partial charge in [0.15, 0.2) is 0 Å². The van der Waals surface area contributed by atoms with Gasteiger partial charge in [0.1, 0.15) is 0 Å². The van der Waals surface area contributed by atoms with Crippen molar-refractivity contribution in [3.05, 3.63) is 26.6 Å². The first-order chi connectivity index (χ1) is 9.92. The van der Waals surface area contributed by atoms with E-state index in [9.17, 15) is 4.79 Å². The molecule has 0 radical (unpaired) electrons. The van der Waals surface area contributed by atoms with Crippen LogP contribution < -0.4 is 5.32 Å². The summed E-state index contributed by atoms with van der Waals surface area (Å²) in [5.74, 6) is 0.993. The van der Waals surface area contributed by atoms with Crippen molar-refractivity contribution in [2.75, 3.05) is 12.4 Å². The average Bonchev–Trinajstić information content (AvgIpc) is 2.44. The third-order valence-electron chi connectivity index (χ3n) is 4.25. The maximum absolute atomic E-state index is 12.0. The van der Waals surface area contributed by atoms with Crippen LogP contribution in [0.2, 0.25) is 0 Å². The van der Waals surface area contributed by atoms with Gasteiger partial charge >= 0.3 is 5.97 Å². The number of nitrogens with one attached hydrogen (secondary N) is 1. The zero-order valence-electron chi connectivity index (χ0n) is 12.6. The Morgan fingerprint density at radius 3 is 2.67 bits per heavy atom. The average molecular weight is 419 g/mol. The Morgan fingerprint density at radius 2 is 2.00 bits per heavy atom. The van der Waals surface area contributed by atoms with Gasteiger partial charge in [-0.15, -0.1) is 0 Å². The van der Waals surface area contributed by atoms with E-state index in [2.05, 4.69) is 51.0 Å². The second kappa shape index (κ2) is 7.14. The Morgan fingerprint density at radius 1 is 1.29 bits per heavy atom. The summed E-state index contributed by atoms with van der Waals surface area (Å²) < 4.78 is 6.63. The van der Waals surface area contributed by atoms with Crippen LogP contribution in [-0.4, -0.2) is 19.1 Å². The van der Waals surface area contributed by atoms with E-state index in [1.807, 2.05) is 6.07 Å². The Balaban J connectivity index is 2.32. The second-order valence-corrected chi connectivity index (χ2v) is 7.72. The van der Waals surface area contributed by atoms with Gasteiger partial charge in [-0.05, 0) is 52.7 Å². The molecule has 3 nitrogen and oxygen atoms in total. The highest BCUT2D eigenvalue weighted by Gasteiger charge is 2.27. The van der Waals surface area contributed by atoms with Crippen LogP contribution >= 0.6 is 31.9 Å². The molecule has 0 aromatic heterocycles. The smallest absolute Gasteiger partial charge is 0.340 e. The third kappa shape index (κ3) is 4.01. The SMILES string of the molecule is COC(=O)c1cc(Br)cc(Br)c1NC1CC(C)CCC1C. The monoisotopic (exact) mass is 417 g/mol. The molecule has 0 spiro atoms. The summed E-state index contributed by atoms with van der Waals surface area (Å²) in [6.45, 7) is 4.56. The van der Waals surface area contributed by atoms with Crippen LogP contribution in [-0.2, 0) is 4.74 Å². The Kier molecular flexibility index (Phi) is 5.72. The van der Waals surface area contributed by atoms with Gasteiger partial charge in [0.05, 0.1) is 18.4 Å². The first-order valence-electron chi connectivity index (χ1n) is 7.26. The highest BCUT2D eigenvalue weighted by atomic mass is 79.9. The molecule has 2 rings (SSSR count). The van der Waals surface area contributed by atoms with Gasteiger partial charge < -0.3 is 10.1 Å². The molecule has 1 aromatic rings. The largest absolute Gasteiger partial charge is 0.465 e. The molecule has 0 saturated heterocycles. The molecule has 1 N–H and O–H groups in total. The van der Waals surface area contributed by atoms with Crippen molar-refractivity contribution in [3.8, 4) is 0 Å². The number of carbonyl (C=O) groups is 1. The molecule has 1 saturated carbocycles. The number of hydrogen-bond acceptors (Lipinski definition) is 3. The molecule has 3 atom stereocenters. The zero-order valence-corrected chi connectivity index (χ0v) is 15.8. The van der Waals surface area contributed by atoms with E-state index < -0.39 is 0 Å². The normalized spacial score (nSPS) is 25.5. The van der Waals surface area contributed by atoms with Crippen LogP contribution in [0.15, 0.2) is 21.1 Å². The minimum atomic E-state index is -0.323. The van der Waals surface area contributed by atoms with Crippen molar-refractivity contribution in [2.24, 2.45) is 11.8 Å². The number of rotatable bonds is 3. The van der Waals surface area contributed by atoms with Crippen LogP contribution in [0, 0.1) is 11.8 Å². The van der Waals surface area contributed by atoms with E-state index in [1.54, 1.807) is 6.07 Å². The molecule has 1 aliphatic carbocycles. The molecule has 0 bridgehead atoms. The highest BCUT2D eigenvalue weighted by molar-refractivity contribution is 9.11. The maximum Gasteiger partial charge on any atom is 0.340 e. The van der Waals surface area contributed by atoms with Crippen molar-refractivity contribution in [1.82, 2.24) is 0 Å². The molecule has 1 fully saturated rings. The second-order valence-electron chi connectivity index (χ2n) is 5.95. The number of halogens is 2. The molecule has 0 aliphatic heterocycles. The highest BCUT2D eigenvalue weighted by Crippen LogP contribution is 2.36. The minimum Gasteiger partial charge on any atom is -0.465 e. The van der Waals surface area contributed by atoms with E-state index in [0.29, 0.717) is 17.5 Å². The summed E-state index contributed by atoms with van der Waals surface area (Å²) >= 11 is 6.98. The molecular formula is C16H21Br2NO2. The van der Waals surface area contributed by atoms with Crippen LogP contribution in [0.25, 0.3) is 0 Å². The fraction of sp³-hybridized carbons (Fsp3) is 0.562. The lowest BCUT2D eigenvalue weighted by atomic mass is 9.80. The van der Waals surface area contributed by atoms with Crippen molar-refractivity contribution in [3.63, 3.8) is 0 Å². The number of esters is 1. The van der Waals surface area contributed by atoms with Crippen molar-refractivity contribution < 1.29 is 9.53 Å². The van der Waals surface area contributed by atoms with Crippen LogP contribution in [0.3, 0.4) is 0 Å². The first kappa shape index (κ1) is 16.8. The third-order valence-corrected chi connectivity index (χ3v) is 5.33. The number of hydrogen-bond donors (Lipinski definition) is 1. The maximum atomic E-state index is 12.0. The van der Waals surface area contributed by atoms with Crippen LogP contribution in [0.4, 0.5) is 5.69 Å². The predicted molar refractivity (Wildman–Crippen MR) is 92.8 cm³/mol. The lowest BCUT2D eigenvalue weighted by molar-refractivity contribution is 0.0601. The number of anilines is 1. The summed E-state index contributed by atoms with van der Waals surface area (Å²) in [5.41, 5.74) is 1.39. The quantitative estimate of drug-likeness (QED) is 0.682. The van der Waals surface area contributed by atoms with Crippen LogP contribution in [0.5, 0.6) is 0 Å². The lowest BCUT2D eigenvalue weighted by Gasteiger charge is -2.34. The van der Waals surface area contributed by atoms with E-state index in [4.69, 9.17) is 4.74 Å². The molecule has 3 unspecified atom stereocenters. The molecule has 1 aliphatic rings. The summed E-state index contributed by atoms with van der Waals surface area (Å²) in [6.07, 6.45) is 3.63. The van der Waals surface area contributed by atoms with E-state index in [-0.39, 0.29) is 5.97 Å². The van der Waals surface area contributed by atoms with E-state index >= 15 is 0 Å². The fourth-order valence-electron chi connectivity index (χ4n) is 2.91. The molecule has 5 heteroatoms. The molecule has 21 heavy (non-hydrogen) atoms. The van der Waals surface area contributed by atoms with Gasteiger partial charge in [-0.2, -0.15) is 0 Å². The number of methoxy groups -OCH3 is 1. The fourth-order valence-corrected chi connectivity index (χ4v) is 4.25. The standard InChI is InChI=1S/C16H21Br2NO2/c1-9-4-5-10(2)14(6-9)19-15-12(16(20)21-3)7-11(17)8-13(15)18/h7-10,14,19H,4-6H2,1-3H3. The summed E-state index contributed by atoms with van der Waals surface area (Å²) in [6, 6.07) is 4.14. The summed E-state index contributed by atoms with van der Waals surface area (Å²) in [7, 11) is 1.41. The zero-order chi connectivity index (χ0) is 15.6. The van der Waals surface area contributed by atoms with Crippen LogP contribution in [0.1, 0.15) is 43.5 Å². The first-order valence-corrected chi connectivity index (χ1v) is 8.84. The topological polar surface area (TPSA) is 38.3 Å². The van der Waals surface area contributed by atoms with Crippen molar-refractivity contribution in [1.29, 1.82) is 0 Å². The van der Waals surface area contributed by atoms with Gasteiger partial charge in [-0.1, -0.05) is 36.2 Å². The molecular weight excluding hydrogens is 398 g/mol. The van der Waals surface area contributed by atoms with Gasteiger partial charge in [-0.25, -0.2) is 4.79 Å². The molecule has 116 valence electrons. The summed E-state index contributed by atoms with van der Waals surface area (Å²) in [4.78, 5) is 12.0. The van der Waals surface area contributed by atoms with E-state index in [1.165, 1.54) is 20.0 Å². The van der Waals surface area contributed by atoms with Crippen molar-refractivity contribution in [2.45, 2.75) is 39.2 Å². The molecule has 0 heterocycles. The molecule has 0 amide bonds. The number of benzene rings is 1. The number of ether oxygens (including phenoxy) is 1. The van der Waals surface area contributed by atoms with Gasteiger partial charge in [0.25, 0.3) is 0 Å². The lowest BCUT2D eigenvalue weighted by Crippen LogP contribution is -2.34. The predicted octanol–water partition coefficient (Wildman–Crippen LogP) is 5.23. The van der Waals surface area contributed by atoms with Crippen molar-refractivity contribution >= 4 is 43.5 Å². The molecule has 1 aromatic carbocycles. The summed E-state index contributed by atoms with van der Waals surface area (Å²) in [5, 5.41) is 3.57. The van der Waals surface area contributed by atoms with Gasteiger partial charge in [0.2, 0.25) is 0 Å².